The molecule has 0 aliphatic carbocycles. The van der Waals surface area contributed by atoms with Crippen molar-refractivity contribution >= 4 is 21.2 Å². The van der Waals surface area contributed by atoms with Crippen molar-refractivity contribution in [1.29, 1.82) is 0 Å². The van der Waals surface area contributed by atoms with E-state index < -0.39 is 10.2 Å². The molecule has 0 spiro atoms. The fraction of sp³-hybridized carbons (Fsp3) is 0.500. The van der Waals surface area contributed by atoms with Gasteiger partial charge in [-0.1, -0.05) is 25.0 Å². The first-order valence-corrected chi connectivity index (χ1v) is 7.90. The second-order valence-corrected chi connectivity index (χ2v) is 6.50. The Hall–Kier alpha value is -1.47. The second-order valence-electron chi connectivity index (χ2n) is 4.74. The molecule has 1 saturated heterocycles. The molecule has 0 atom stereocenters. The summed E-state index contributed by atoms with van der Waals surface area (Å²) in [5, 5.41) is 7.72. The molecule has 2 heterocycles. The number of nitrogens with zero attached hydrogens (tertiary/aromatic N) is 4. The molecule has 0 bridgehead atoms. The van der Waals surface area contributed by atoms with Crippen LogP contribution in [0.2, 0.25) is 0 Å². The van der Waals surface area contributed by atoms with Crippen molar-refractivity contribution in [2.24, 2.45) is 0 Å². The largest absolute Gasteiger partial charge is 0.324 e. The number of fused-ring (bicyclic) bond motifs is 1. The van der Waals surface area contributed by atoms with Gasteiger partial charge in [-0.15, -0.1) is 9.19 Å². The van der Waals surface area contributed by atoms with Gasteiger partial charge in [0.2, 0.25) is 0 Å². The van der Waals surface area contributed by atoms with Crippen LogP contribution < -0.4 is 0 Å². The molecule has 102 valence electrons. The summed E-state index contributed by atoms with van der Waals surface area (Å²) in [5.41, 5.74) is 1.13. The summed E-state index contributed by atoms with van der Waals surface area (Å²) < 4.78 is 27.8. The molecule has 1 aliphatic rings. The van der Waals surface area contributed by atoms with Gasteiger partial charge in [-0.3, -0.25) is 0 Å². The van der Waals surface area contributed by atoms with Crippen LogP contribution in [0.3, 0.4) is 0 Å². The number of aromatic nitrogens is 3. The fourth-order valence-corrected chi connectivity index (χ4v) is 3.87. The lowest BCUT2D eigenvalue weighted by Crippen LogP contribution is -2.36. The topological polar surface area (TPSA) is 68.1 Å². The Morgan fingerprint density at radius 1 is 1.00 bits per heavy atom. The summed E-state index contributed by atoms with van der Waals surface area (Å²) in [6.45, 7) is 1.13. The molecule has 0 radical (unpaired) electrons. The lowest BCUT2D eigenvalue weighted by Gasteiger charge is -2.19. The van der Waals surface area contributed by atoms with Crippen molar-refractivity contribution in [2.45, 2.75) is 25.7 Å². The third kappa shape index (κ3) is 2.23. The molecule has 19 heavy (non-hydrogen) atoms. The zero-order valence-electron chi connectivity index (χ0n) is 10.6. The first-order chi connectivity index (χ1) is 9.19. The van der Waals surface area contributed by atoms with Gasteiger partial charge in [0.15, 0.2) is 0 Å². The van der Waals surface area contributed by atoms with E-state index >= 15 is 0 Å². The lowest BCUT2D eigenvalue weighted by molar-refractivity contribution is 0.414. The zero-order valence-corrected chi connectivity index (χ0v) is 11.4. The van der Waals surface area contributed by atoms with Crippen molar-refractivity contribution in [3.8, 4) is 0 Å². The van der Waals surface area contributed by atoms with Gasteiger partial charge in [0, 0.05) is 13.1 Å². The number of hydrogen-bond donors (Lipinski definition) is 0. The van der Waals surface area contributed by atoms with Gasteiger partial charge in [-0.2, -0.15) is 12.7 Å². The van der Waals surface area contributed by atoms with Crippen LogP contribution in [-0.4, -0.2) is 40.2 Å². The van der Waals surface area contributed by atoms with Crippen LogP contribution in [0, 0.1) is 0 Å². The first kappa shape index (κ1) is 12.6. The molecule has 1 aromatic carbocycles. The van der Waals surface area contributed by atoms with Crippen molar-refractivity contribution in [1.82, 2.24) is 18.7 Å². The lowest BCUT2D eigenvalue weighted by atomic mass is 10.2. The third-order valence-electron chi connectivity index (χ3n) is 3.43. The van der Waals surface area contributed by atoms with Gasteiger partial charge in [0.25, 0.3) is 0 Å². The second kappa shape index (κ2) is 4.90. The molecular formula is C12H16N4O2S. The zero-order chi connectivity index (χ0) is 13.3. The van der Waals surface area contributed by atoms with E-state index in [1.807, 2.05) is 6.07 Å². The van der Waals surface area contributed by atoms with Crippen LogP contribution in [-0.2, 0) is 10.2 Å². The SMILES string of the molecule is O=S(=O)(N1CCCCCC1)n1nnc2ccccc21. The van der Waals surface area contributed by atoms with Crippen LogP contribution in [0.5, 0.6) is 0 Å². The molecule has 0 N–H and O–H groups in total. The van der Waals surface area contributed by atoms with Crippen molar-refractivity contribution in [3.63, 3.8) is 0 Å². The maximum absolute atomic E-state index is 12.6. The van der Waals surface area contributed by atoms with Gasteiger partial charge < -0.3 is 0 Å². The van der Waals surface area contributed by atoms with E-state index in [0.29, 0.717) is 24.1 Å². The van der Waals surface area contributed by atoms with E-state index in [1.165, 1.54) is 4.31 Å². The Kier molecular flexibility index (Phi) is 3.24. The number of rotatable bonds is 2. The van der Waals surface area contributed by atoms with Crippen molar-refractivity contribution in [3.05, 3.63) is 24.3 Å². The molecular weight excluding hydrogens is 264 g/mol. The maximum atomic E-state index is 12.6. The van der Waals surface area contributed by atoms with Gasteiger partial charge in [-0.05, 0) is 30.2 Å². The maximum Gasteiger partial charge on any atom is 0.324 e. The van der Waals surface area contributed by atoms with Gasteiger partial charge in [-0.25, -0.2) is 0 Å². The Balaban J connectivity index is 2.03. The highest BCUT2D eigenvalue weighted by molar-refractivity contribution is 7.87. The fourth-order valence-electron chi connectivity index (χ4n) is 2.40. The molecule has 1 aliphatic heterocycles. The summed E-state index contributed by atoms with van der Waals surface area (Å²) in [7, 11) is -3.59. The average Bonchev–Trinajstić information content (AvgIpc) is 2.65. The van der Waals surface area contributed by atoms with Gasteiger partial charge in [0.1, 0.15) is 11.0 Å². The number of hydrogen-bond acceptors (Lipinski definition) is 4. The van der Waals surface area contributed by atoms with E-state index in [1.54, 1.807) is 18.2 Å². The third-order valence-corrected chi connectivity index (χ3v) is 5.16. The van der Waals surface area contributed by atoms with Crippen molar-refractivity contribution in [2.75, 3.05) is 13.1 Å². The molecule has 0 unspecified atom stereocenters. The summed E-state index contributed by atoms with van der Waals surface area (Å²) in [5.74, 6) is 0. The molecule has 6 nitrogen and oxygen atoms in total. The summed E-state index contributed by atoms with van der Waals surface area (Å²) in [6, 6.07) is 7.10. The predicted octanol–water partition coefficient (Wildman–Crippen LogP) is 1.40. The molecule has 1 fully saturated rings. The van der Waals surface area contributed by atoms with Crippen LogP contribution in [0.1, 0.15) is 25.7 Å². The van der Waals surface area contributed by atoms with Crippen molar-refractivity contribution < 1.29 is 8.42 Å². The van der Waals surface area contributed by atoms with E-state index in [-0.39, 0.29) is 0 Å². The van der Waals surface area contributed by atoms with Gasteiger partial charge in [0.05, 0.1) is 0 Å². The van der Waals surface area contributed by atoms with Crippen LogP contribution in [0.25, 0.3) is 11.0 Å². The van der Waals surface area contributed by atoms with Crippen LogP contribution in [0.4, 0.5) is 0 Å². The van der Waals surface area contributed by atoms with Crippen LogP contribution >= 0.6 is 0 Å². The molecule has 7 heteroatoms. The standard InChI is InChI=1S/C12H16N4O2S/c17-19(18,15-9-5-1-2-6-10-15)16-12-8-4-3-7-11(12)13-14-16/h3-4,7-8H,1-2,5-6,9-10H2. The Morgan fingerprint density at radius 3 is 2.42 bits per heavy atom. The number of para-hydroxylation sites is 1. The monoisotopic (exact) mass is 280 g/mol. The Bertz CT molecular complexity index is 672. The van der Waals surface area contributed by atoms with E-state index in [9.17, 15) is 8.42 Å². The minimum absolute atomic E-state index is 0.534. The highest BCUT2D eigenvalue weighted by atomic mass is 32.2. The predicted molar refractivity (Wildman–Crippen MR) is 71.9 cm³/mol. The quantitative estimate of drug-likeness (QED) is 0.834. The molecule has 0 amide bonds. The highest BCUT2D eigenvalue weighted by Gasteiger charge is 2.27. The summed E-state index contributed by atoms with van der Waals surface area (Å²) >= 11 is 0. The smallest absolute Gasteiger partial charge is 0.187 e. The highest BCUT2D eigenvalue weighted by Crippen LogP contribution is 2.18. The molecule has 1 aromatic heterocycles. The Morgan fingerprint density at radius 2 is 1.68 bits per heavy atom. The minimum Gasteiger partial charge on any atom is -0.187 e. The van der Waals surface area contributed by atoms with Gasteiger partial charge >= 0.3 is 10.2 Å². The summed E-state index contributed by atoms with van der Waals surface area (Å²) in [4.78, 5) is 0. The normalized spacial score (nSPS) is 18.5. The number of benzene rings is 1. The molecule has 3 rings (SSSR count). The molecule has 0 saturated carbocycles. The minimum atomic E-state index is -3.59. The van der Waals surface area contributed by atoms with E-state index in [2.05, 4.69) is 10.3 Å². The van der Waals surface area contributed by atoms with E-state index in [0.717, 1.165) is 29.8 Å². The van der Waals surface area contributed by atoms with Crippen LogP contribution in [0.15, 0.2) is 24.3 Å². The summed E-state index contributed by atoms with van der Waals surface area (Å²) in [6.07, 6.45) is 3.99. The van der Waals surface area contributed by atoms with E-state index in [4.69, 9.17) is 0 Å². The molecule has 2 aromatic rings. The first-order valence-electron chi connectivity index (χ1n) is 6.51. The Labute approximate surface area is 112 Å². The average molecular weight is 280 g/mol.